The molecule has 148 valence electrons. The van der Waals surface area contributed by atoms with Crippen molar-refractivity contribution in [2.24, 2.45) is 34.5 Å². The van der Waals surface area contributed by atoms with E-state index in [0.717, 1.165) is 38.5 Å². The van der Waals surface area contributed by atoms with Crippen LogP contribution in [-0.2, 0) is 9.47 Å². The van der Waals surface area contributed by atoms with Crippen molar-refractivity contribution in [1.82, 2.24) is 0 Å². The molecule has 0 aromatic heterocycles. The van der Waals surface area contributed by atoms with Crippen molar-refractivity contribution in [3.05, 3.63) is 0 Å². The molecule has 0 bridgehead atoms. The van der Waals surface area contributed by atoms with Crippen LogP contribution in [0.15, 0.2) is 0 Å². The Labute approximate surface area is 156 Å². The van der Waals surface area contributed by atoms with Crippen LogP contribution in [0.3, 0.4) is 0 Å². The summed E-state index contributed by atoms with van der Waals surface area (Å²) in [6.45, 7) is 5.94. The molecule has 0 radical (unpaired) electrons. The zero-order chi connectivity index (χ0) is 18.3. The summed E-state index contributed by atoms with van der Waals surface area (Å²) in [7, 11) is 0. The van der Waals surface area contributed by atoms with Gasteiger partial charge in [-0.05, 0) is 67.6 Å². The van der Waals surface area contributed by atoms with Crippen LogP contribution in [0.25, 0.3) is 0 Å². The average molecular weight is 366 g/mol. The van der Waals surface area contributed by atoms with Crippen molar-refractivity contribution < 1.29 is 24.8 Å². The first-order valence-electron chi connectivity index (χ1n) is 10.6. The summed E-state index contributed by atoms with van der Waals surface area (Å²) in [5.74, 6) is 0.364. The maximum atomic E-state index is 11.2. The van der Waals surface area contributed by atoms with Crippen molar-refractivity contribution in [2.75, 3.05) is 13.2 Å². The van der Waals surface area contributed by atoms with E-state index in [9.17, 15) is 15.3 Å². The van der Waals surface area contributed by atoms with Crippen LogP contribution in [0.2, 0.25) is 0 Å². The fourth-order valence-corrected chi connectivity index (χ4v) is 8.13. The van der Waals surface area contributed by atoms with E-state index in [0.29, 0.717) is 31.5 Å². The van der Waals surface area contributed by atoms with Gasteiger partial charge in [0.15, 0.2) is 5.79 Å². The Morgan fingerprint density at radius 1 is 0.769 bits per heavy atom. The molecule has 0 aromatic carbocycles. The number of aliphatic hydroxyl groups is 3. The number of fused-ring (bicyclic) bond motifs is 6. The highest BCUT2D eigenvalue weighted by Gasteiger charge is 2.70. The van der Waals surface area contributed by atoms with Gasteiger partial charge in [-0.15, -0.1) is 0 Å². The average Bonchev–Trinajstić information content (AvgIpc) is 3.21. The minimum Gasteiger partial charge on any atom is -0.393 e. The lowest BCUT2D eigenvalue weighted by molar-refractivity contribution is -0.269. The van der Waals surface area contributed by atoms with Gasteiger partial charge in [-0.1, -0.05) is 13.8 Å². The summed E-state index contributed by atoms with van der Waals surface area (Å²) < 4.78 is 12.3. The molecule has 0 aromatic rings. The number of hydrogen-bond acceptors (Lipinski definition) is 5. The van der Waals surface area contributed by atoms with Gasteiger partial charge >= 0.3 is 0 Å². The Kier molecular flexibility index (Phi) is 3.89. The van der Waals surface area contributed by atoms with Crippen LogP contribution in [0.1, 0.15) is 58.8 Å². The Hall–Kier alpha value is -0.200. The van der Waals surface area contributed by atoms with Crippen LogP contribution < -0.4 is 0 Å². The van der Waals surface area contributed by atoms with E-state index in [2.05, 4.69) is 13.8 Å². The second kappa shape index (κ2) is 5.66. The quantitative estimate of drug-likeness (QED) is 0.612. The number of ether oxygens (including phenoxy) is 2. The zero-order valence-corrected chi connectivity index (χ0v) is 16.1. The highest BCUT2D eigenvalue weighted by Crippen LogP contribution is 2.69. The predicted octanol–water partition coefficient (Wildman–Crippen LogP) is 2.07. The highest BCUT2D eigenvalue weighted by atomic mass is 16.7. The van der Waals surface area contributed by atoms with Crippen LogP contribution in [0.5, 0.6) is 0 Å². The van der Waals surface area contributed by atoms with Gasteiger partial charge < -0.3 is 24.8 Å². The van der Waals surface area contributed by atoms with Crippen LogP contribution in [-0.4, -0.2) is 52.6 Å². The molecule has 5 aliphatic rings. The molecule has 1 spiro atoms. The van der Waals surface area contributed by atoms with Crippen molar-refractivity contribution in [3.8, 4) is 0 Å². The van der Waals surface area contributed by atoms with Gasteiger partial charge in [-0.2, -0.15) is 0 Å². The number of hydrogen-bond donors (Lipinski definition) is 3. The molecule has 1 aliphatic heterocycles. The standard InChI is InChI=1S/C21H34O5/c1-19-6-3-12(22)11-15(19)17(23)18(24)16-13(19)4-7-20(2)14(16)5-8-21(20)25-9-10-26-21/h12-18,22-24H,3-11H2,1-2H3/t12-,13?,14?,15?,16?,17-,18-,19-,20+/m1/s1. The third-order valence-corrected chi connectivity index (χ3v) is 9.52. The normalized spacial score (nSPS) is 58.3. The lowest BCUT2D eigenvalue weighted by Gasteiger charge is -2.63. The van der Waals surface area contributed by atoms with Crippen molar-refractivity contribution >= 4 is 0 Å². The maximum absolute atomic E-state index is 11.2. The minimum absolute atomic E-state index is 0.00111. The second-order valence-electron chi connectivity index (χ2n) is 10.3. The van der Waals surface area contributed by atoms with E-state index in [1.807, 2.05) is 0 Å². The lowest BCUT2D eigenvalue weighted by atomic mass is 9.43. The molecule has 5 fully saturated rings. The first-order chi connectivity index (χ1) is 12.3. The lowest BCUT2D eigenvalue weighted by Crippen LogP contribution is -2.65. The van der Waals surface area contributed by atoms with E-state index in [-0.39, 0.29) is 28.8 Å². The SMILES string of the molecule is C[C@]12CC[C@@H](O)CC1[C@@H](O)[C@H](O)C1C2CC[C@@]2(C)C1CCC21OCCO1. The molecule has 5 rings (SSSR count). The Balaban J connectivity index is 1.52. The minimum atomic E-state index is -0.736. The molecule has 5 heteroatoms. The highest BCUT2D eigenvalue weighted by molar-refractivity contribution is 5.16. The number of rotatable bonds is 0. The molecule has 1 heterocycles. The third kappa shape index (κ3) is 2.04. The van der Waals surface area contributed by atoms with Gasteiger partial charge in [0, 0.05) is 11.8 Å². The van der Waals surface area contributed by atoms with Crippen LogP contribution in [0, 0.1) is 34.5 Å². The molecule has 26 heavy (non-hydrogen) atoms. The third-order valence-electron chi connectivity index (χ3n) is 9.52. The molecule has 9 atom stereocenters. The van der Waals surface area contributed by atoms with Crippen LogP contribution >= 0.6 is 0 Å². The molecule has 3 N–H and O–H groups in total. The molecular weight excluding hydrogens is 332 g/mol. The zero-order valence-electron chi connectivity index (χ0n) is 16.1. The smallest absolute Gasteiger partial charge is 0.174 e. The monoisotopic (exact) mass is 366 g/mol. The van der Waals surface area contributed by atoms with Gasteiger partial charge in [0.1, 0.15) is 0 Å². The molecule has 0 amide bonds. The van der Waals surface area contributed by atoms with Crippen LogP contribution in [0.4, 0.5) is 0 Å². The summed E-state index contributed by atoms with van der Waals surface area (Å²) in [4.78, 5) is 0. The van der Waals surface area contributed by atoms with Gasteiger partial charge in [0.25, 0.3) is 0 Å². The van der Waals surface area contributed by atoms with Gasteiger partial charge in [0.2, 0.25) is 0 Å². The first-order valence-corrected chi connectivity index (χ1v) is 10.6. The molecule has 4 aliphatic carbocycles. The number of aliphatic hydroxyl groups excluding tert-OH is 3. The molecule has 4 saturated carbocycles. The van der Waals surface area contributed by atoms with Gasteiger partial charge in [-0.25, -0.2) is 0 Å². The molecular formula is C21H34O5. The fraction of sp³-hybridized carbons (Fsp3) is 1.00. The second-order valence-corrected chi connectivity index (χ2v) is 10.3. The molecule has 4 unspecified atom stereocenters. The summed E-state index contributed by atoms with van der Waals surface area (Å²) in [5.41, 5.74) is -0.0697. The Morgan fingerprint density at radius 3 is 2.19 bits per heavy atom. The molecule has 1 saturated heterocycles. The van der Waals surface area contributed by atoms with Gasteiger partial charge in [-0.3, -0.25) is 0 Å². The largest absolute Gasteiger partial charge is 0.393 e. The van der Waals surface area contributed by atoms with E-state index >= 15 is 0 Å². The Bertz CT molecular complexity index is 575. The predicted molar refractivity (Wildman–Crippen MR) is 95.1 cm³/mol. The summed E-state index contributed by atoms with van der Waals surface area (Å²) in [6, 6.07) is 0. The Morgan fingerprint density at radius 2 is 1.46 bits per heavy atom. The fourth-order valence-electron chi connectivity index (χ4n) is 8.13. The van der Waals surface area contributed by atoms with Crippen molar-refractivity contribution in [2.45, 2.75) is 82.9 Å². The maximum Gasteiger partial charge on any atom is 0.174 e. The summed E-state index contributed by atoms with van der Waals surface area (Å²) >= 11 is 0. The van der Waals surface area contributed by atoms with E-state index in [4.69, 9.17) is 9.47 Å². The topological polar surface area (TPSA) is 79.2 Å². The summed E-state index contributed by atoms with van der Waals surface area (Å²) in [5, 5.41) is 32.4. The van der Waals surface area contributed by atoms with E-state index in [1.54, 1.807) is 0 Å². The van der Waals surface area contributed by atoms with Crippen molar-refractivity contribution in [1.29, 1.82) is 0 Å². The van der Waals surface area contributed by atoms with E-state index in [1.165, 1.54) is 0 Å². The van der Waals surface area contributed by atoms with E-state index < -0.39 is 18.0 Å². The first kappa shape index (κ1) is 17.9. The van der Waals surface area contributed by atoms with Crippen molar-refractivity contribution in [3.63, 3.8) is 0 Å². The van der Waals surface area contributed by atoms with Gasteiger partial charge in [0.05, 0.1) is 31.5 Å². The molecule has 5 nitrogen and oxygen atoms in total. The summed E-state index contributed by atoms with van der Waals surface area (Å²) in [6.07, 6.45) is 4.63.